The monoisotopic (exact) mass is 976 g/mol. The molecule has 69 heavy (non-hydrogen) atoms. The van der Waals surface area contributed by atoms with Gasteiger partial charge in [0.25, 0.3) is 0 Å². The molecule has 0 aromatic carbocycles. The summed E-state index contributed by atoms with van der Waals surface area (Å²) in [7, 11) is -4.41. The molecule has 0 heterocycles. The summed E-state index contributed by atoms with van der Waals surface area (Å²) < 4.78 is 32.9. The Morgan fingerprint density at radius 2 is 0.754 bits per heavy atom. The number of nitrogens with two attached hydrogens (primary N) is 1. The minimum absolute atomic E-state index is 0.0376. The molecule has 0 amide bonds. The molecule has 0 aliphatic rings. The maximum atomic E-state index is 12.7. The Bertz CT molecular complexity index is 1630. The van der Waals surface area contributed by atoms with Crippen LogP contribution in [0.3, 0.4) is 0 Å². The van der Waals surface area contributed by atoms with Crippen LogP contribution in [-0.2, 0) is 32.7 Å². The van der Waals surface area contributed by atoms with Gasteiger partial charge in [0.05, 0.1) is 13.2 Å². The van der Waals surface area contributed by atoms with Crippen LogP contribution in [0.15, 0.2) is 146 Å². The highest BCUT2D eigenvalue weighted by Gasteiger charge is 2.26. The Morgan fingerprint density at radius 1 is 0.435 bits per heavy atom. The average Bonchev–Trinajstić information content (AvgIpc) is 3.34. The Labute approximate surface area is 420 Å². The molecule has 0 aromatic heterocycles. The first-order valence-corrected chi connectivity index (χ1v) is 27.8. The van der Waals surface area contributed by atoms with Gasteiger partial charge in [-0.25, -0.2) is 4.57 Å². The summed E-state index contributed by atoms with van der Waals surface area (Å²) in [4.78, 5) is 35.1. The number of hydrogen-bond acceptors (Lipinski definition) is 8. The van der Waals surface area contributed by atoms with Crippen molar-refractivity contribution in [2.45, 2.75) is 187 Å². The molecule has 0 aliphatic heterocycles. The van der Waals surface area contributed by atoms with Crippen LogP contribution in [0.25, 0.3) is 0 Å². The van der Waals surface area contributed by atoms with E-state index in [1.54, 1.807) is 0 Å². The van der Waals surface area contributed by atoms with Crippen LogP contribution in [0.1, 0.15) is 181 Å². The van der Waals surface area contributed by atoms with E-state index in [4.69, 9.17) is 24.3 Å². The normalized spacial score (nSPS) is 14.3. The van der Waals surface area contributed by atoms with Crippen molar-refractivity contribution >= 4 is 19.8 Å². The largest absolute Gasteiger partial charge is 0.472 e. The third-order valence-corrected chi connectivity index (χ3v) is 11.2. The highest BCUT2D eigenvalue weighted by atomic mass is 31.2. The zero-order chi connectivity index (χ0) is 50.2. The lowest BCUT2D eigenvalue weighted by Gasteiger charge is -2.19. The van der Waals surface area contributed by atoms with Crippen LogP contribution in [0, 0.1) is 0 Å². The second-order valence-electron chi connectivity index (χ2n) is 16.6. The van der Waals surface area contributed by atoms with Crippen LogP contribution in [0.2, 0.25) is 0 Å². The van der Waals surface area contributed by atoms with E-state index < -0.39 is 32.5 Å². The first-order chi connectivity index (χ1) is 33.8. The standard InChI is InChI=1S/C59H94NO8P/c1-3-5-7-9-11-13-15-17-19-21-23-24-25-26-27-28-29-30-31-32-34-36-38-40-42-44-46-48-50-52-59(62)68-57(56-67-69(63,64)66-54-53-60)55-65-58(61)51-49-47-45-43-41-39-37-35-33-22-20-18-16-14-12-10-8-6-4-2/h5-8,11-14,17-20,23-24,26-27,29-30,32-35,38,40,57H,3-4,9-10,15-16,21-22,25,28,31,36-37,39,41-56,60H2,1-2H3,(H,63,64)/b7-5-,8-6-,13-11-,14-12-,19-17-,20-18-,24-23-,27-26-,30-29-,34-32-,35-33-,40-38-. The van der Waals surface area contributed by atoms with Gasteiger partial charge in [-0.1, -0.05) is 198 Å². The van der Waals surface area contributed by atoms with Gasteiger partial charge in [0.15, 0.2) is 6.10 Å². The summed E-state index contributed by atoms with van der Waals surface area (Å²) in [5.74, 6) is -0.888. The van der Waals surface area contributed by atoms with Gasteiger partial charge in [0.1, 0.15) is 6.61 Å². The second kappa shape index (κ2) is 53.2. The predicted molar refractivity (Wildman–Crippen MR) is 293 cm³/mol. The summed E-state index contributed by atoms with van der Waals surface area (Å²) in [6.07, 6.45) is 76.0. The van der Waals surface area contributed by atoms with Crippen molar-refractivity contribution in [3.63, 3.8) is 0 Å². The van der Waals surface area contributed by atoms with E-state index in [1.807, 2.05) is 0 Å². The van der Waals surface area contributed by atoms with Crippen molar-refractivity contribution < 1.29 is 37.6 Å². The first-order valence-electron chi connectivity index (χ1n) is 26.3. The van der Waals surface area contributed by atoms with Crippen LogP contribution < -0.4 is 5.73 Å². The number of ether oxygens (including phenoxy) is 2. The molecule has 0 saturated heterocycles. The fourth-order valence-corrected chi connectivity index (χ4v) is 7.17. The molecule has 0 fully saturated rings. The molecule has 0 rings (SSSR count). The summed E-state index contributed by atoms with van der Waals surface area (Å²) in [5, 5.41) is 0. The van der Waals surface area contributed by atoms with Crippen LogP contribution in [0.5, 0.6) is 0 Å². The van der Waals surface area contributed by atoms with E-state index in [2.05, 4.69) is 160 Å². The Balaban J connectivity index is 4.18. The second-order valence-corrected chi connectivity index (χ2v) is 18.1. The van der Waals surface area contributed by atoms with E-state index in [1.165, 1.54) is 0 Å². The van der Waals surface area contributed by atoms with Crippen LogP contribution >= 0.6 is 7.82 Å². The number of allylic oxidation sites excluding steroid dienone is 24. The molecule has 2 unspecified atom stereocenters. The predicted octanol–water partition coefficient (Wildman–Crippen LogP) is 16.4. The third-order valence-electron chi connectivity index (χ3n) is 10.2. The lowest BCUT2D eigenvalue weighted by molar-refractivity contribution is -0.161. The molecule has 0 bridgehead atoms. The zero-order valence-corrected chi connectivity index (χ0v) is 43.9. The van der Waals surface area contributed by atoms with Crippen molar-refractivity contribution in [3.05, 3.63) is 146 Å². The van der Waals surface area contributed by atoms with Gasteiger partial charge in [-0.05, 0) is 116 Å². The highest BCUT2D eigenvalue weighted by Crippen LogP contribution is 2.43. The van der Waals surface area contributed by atoms with Crippen LogP contribution in [0.4, 0.5) is 0 Å². The SMILES string of the molecule is CC/C=C\C/C=C\C/C=C\C/C=C\C/C=C\C/C=C\C/C=C\C/C=C\CCCCCCC(=O)OC(COC(=O)CCCCCCCC/C=C\C/C=C\C/C=C\C/C=C\CC)COP(=O)(O)OCCN. The number of esters is 2. The quantitative estimate of drug-likeness (QED) is 0.0264. The van der Waals surface area contributed by atoms with Gasteiger partial charge in [-0.2, -0.15) is 0 Å². The van der Waals surface area contributed by atoms with Gasteiger partial charge in [-0.3, -0.25) is 18.6 Å². The fourth-order valence-electron chi connectivity index (χ4n) is 6.40. The minimum atomic E-state index is -4.41. The van der Waals surface area contributed by atoms with Gasteiger partial charge in [-0.15, -0.1) is 0 Å². The molecule has 10 heteroatoms. The van der Waals surface area contributed by atoms with Gasteiger partial charge < -0.3 is 20.1 Å². The zero-order valence-electron chi connectivity index (χ0n) is 43.0. The number of phosphoric ester groups is 1. The molecule has 0 spiro atoms. The molecule has 0 aromatic rings. The van der Waals surface area contributed by atoms with Crippen molar-refractivity contribution in [3.8, 4) is 0 Å². The Kier molecular flexibility index (Phi) is 50.1. The van der Waals surface area contributed by atoms with Crippen molar-refractivity contribution in [1.82, 2.24) is 0 Å². The Morgan fingerprint density at radius 3 is 1.12 bits per heavy atom. The molecular weight excluding hydrogens is 882 g/mol. The number of unbranched alkanes of at least 4 members (excludes halogenated alkanes) is 10. The summed E-state index contributed by atoms with van der Waals surface area (Å²) in [6.45, 7) is 3.44. The molecule has 0 saturated carbocycles. The number of carbonyl (C=O) groups is 2. The van der Waals surface area contributed by atoms with E-state index in [0.717, 1.165) is 141 Å². The maximum absolute atomic E-state index is 12.7. The molecule has 2 atom stereocenters. The highest BCUT2D eigenvalue weighted by molar-refractivity contribution is 7.47. The van der Waals surface area contributed by atoms with E-state index in [0.29, 0.717) is 12.8 Å². The van der Waals surface area contributed by atoms with Gasteiger partial charge >= 0.3 is 19.8 Å². The molecule has 388 valence electrons. The number of carbonyl (C=O) groups excluding carboxylic acids is 2. The van der Waals surface area contributed by atoms with E-state index >= 15 is 0 Å². The summed E-state index contributed by atoms with van der Waals surface area (Å²) >= 11 is 0. The molecule has 3 N–H and O–H groups in total. The fraction of sp³-hybridized carbons (Fsp3) is 0.559. The molecular formula is C59H94NO8P. The lowest BCUT2D eigenvalue weighted by Crippen LogP contribution is -2.29. The minimum Gasteiger partial charge on any atom is -0.462 e. The molecule has 9 nitrogen and oxygen atoms in total. The van der Waals surface area contributed by atoms with E-state index in [9.17, 15) is 19.0 Å². The van der Waals surface area contributed by atoms with Crippen molar-refractivity contribution in [2.24, 2.45) is 5.73 Å². The van der Waals surface area contributed by atoms with Crippen LogP contribution in [-0.4, -0.2) is 49.3 Å². The Hall–Kier alpha value is -4.11. The third kappa shape index (κ3) is 53.1. The summed E-state index contributed by atoms with van der Waals surface area (Å²) in [5.41, 5.74) is 5.37. The smallest absolute Gasteiger partial charge is 0.462 e. The van der Waals surface area contributed by atoms with Gasteiger partial charge in [0, 0.05) is 19.4 Å². The number of phosphoric acid groups is 1. The molecule has 0 aliphatic carbocycles. The van der Waals surface area contributed by atoms with Crippen molar-refractivity contribution in [2.75, 3.05) is 26.4 Å². The molecule has 0 radical (unpaired) electrons. The maximum Gasteiger partial charge on any atom is 0.472 e. The van der Waals surface area contributed by atoms with Crippen molar-refractivity contribution in [1.29, 1.82) is 0 Å². The average molecular weight is 976 g/mol. The van der Waals surface area contributed by atoms with Gasteiger partial charge in [0.2, 0.25) is 0 Å². The topological polar surface area (TPSA) is 134 Å². The first kappa shape index (κ1) is 64.9. The number of hydrogen-bond donors (Lipinski definition) is 2. The number of rotatable bonds is 47. The van der Waals surface area contributed by atoms with E-state index in [-0.39, 0.29) is 32.6 Å². The summed E-state index contributed by atoms with van der Waals surface area (Å²) in [6, 6.07) is 0. The lowest BCUT2D eigenvalue weighted by atomic mass is 10.1.